The normalized spacial score (nSPS) is 12.0. The van der Waals surface area contributed by atoms with Gasteiger partial charge in [-0.2, -0.15) is 0 Å². The first-order chi connectivity index (χ1) is 13.5. The smallest absolute Gasteiger partial charge is 0.244 e. The zero-order valence-electron chi connectivity index (χ0n) is 15.1. The van der Waals surface area contributed by atoms with Crippen LogP contribution in [0.15, 0.2) is 73.1 Å². The third kappa shape index (κ3) is 5.41. The summed E-state index contributed by atoms with van der Waals surface area (Å²) in [6.07, 6.45) is 6.00. The molecular formula is C22H18ClFN2O2. The average Bonchev–Trinajstić information content (AvgIpc) is 2.68. The van der Waals surface area contributed by atoms with E-state index in [9.17, 15) is 9.18 Å². The number of benzene rings is 2. The number of hydrogen-bond donors (Lipinski definition) is 1. The summed E-state index contributed by atoms with van der Waals surface area (Å²) in [7, 11) is 0. The van der Waals surface area contributed by atoms with E-state index in [4.69, 9.17) is 16.3 Å². The molecule has 0 aliphatic rings. The summed E-state index contributed by atoms with van der Waals surface area (Å²) >= 11 is 5.72. The Hall–Kier alpha value is -3.18. The van der Waals surface area contributed by atoms with Crippen molar-refractivity contribution in [2.24, 2.45) is 0 Å². The Balaban J connectivity index is 1.63. The van der Waals surface area contributed by atoms with Gasteiger partial charge in [0.25, 0.3) is 0 Å². The largest absolute Gasteiger partial charge is 0.456 e. The fourth-order valence-electron chi connectivity index (χ4n) is 2.54. The highest BCUT2D eigenvalue weighted by molar-refractivity contribution is 6.30. The molecule has 1 amide bonds. The molecule has 0 saturated carbocycles. The van der Waals surface area contributed by atoms with Crippen molar-refractivity contribution in [3.05, 3.63) is 95.0 Å². The third-order valence-electron chi connectivity index (χ3n) is 3.96. The molecule has 0 spiro atoms. The Bertz CT molecular complexity index is 993. The van der Waals surface area contributed by atoms with Crippen molar-refractivity contribution in [3.8, 4) is 11.5 Å². The van der Waals surface area contributed by atoms with Crippen LogP contribution in [0.2, 0.25) is 5.02 Å². The van der Waals surface area contributed by atoms with E-state index in [2.05, 4.69) is 10.3 Å². The number of hydrogen-bond acceptors (Lipinski definition) is 3. The number of pyridine rings is 1. The van der Waals surface area contributed by atoms with Crippen LogP contribution in [-0.4, -0.2) is 10.9 Å². The molecular weight excluding hydrogens is 379 g/mol. The highest BCUT2D eigenvalue weighted by Gasteiger charge is 2.09. The summed E-state index contributed by atoms with van der Waals surface area (Å²) < 4.78 is 19.5. The molecule has 3 rings (SSSR count). The molecule has 0 saturated heterocycles. The lowest BCUT2D eigenvalue weighted by atomic mass is 10.1. The Labute approximate surface area is 167 Å². The zero-order valence-corrected chi connectivity index (χ0v) is 15.9. The predicted molar refractivity (Wildman–Crippen MR) is 108 cm³/mol. The quantitative estimate of drug-likeness (QED) is 0.555. The summed E-state index contributed by atoms with van der Waals surface area (Å²) in [6.45, 7) is 1.86. The fraction of sp³-hybridized carbons (Fsp3) is 0.0909. The Kier molecular flexibility index (Phi) is 6.40. The van der Waals surface area contributed by atoms with E-state index in [0.717, 1.165) is 5.56 Å². The number of nitrogens with zero attached hydrogens (tertiary/aromatic N) is 1. The summed E-state index contributed by atoms with van der Waals surface area (Å²) in [5, 5.41) is 3.15. The lowest BCUT2D eigenvalue weighted by molar-refractivity contribution is -0.117. The number of rotatable bonds is 6. The van der Waals surface area contributed by atoms with Crippen LogP contribution in [0.25, 0.3) is 6.08 Å². The van der Waals surface area contributed by atoms with Gasteiger partial charge in [-0.15, -0.1) is 0 Å². The molecule has 1 aromatic heterocycles. The molecule has 0 aliphatic carbocycles. The minimum atomic E-state index is -0.482. The maximum atomic E-state index is 13.8. The van der Waals surface area contributed by atoms with Crippen LogP contribution in [-0.2, 0) is 4.79 Å². The number of amides is 1. The molecule has 0 bridgehead atoms. The van der Waals surface area contributed by atoms with Crippen molar-refractivity contribution in [1.82, 2.24) is 10.3 Å². The van der Waals surface area contributed by atoms with Gasteiger partial charge in [-0.05, 0) is 55.0 Å². The number of ether oxygens (including phenoxy) is 1. The maximum absolute atomic E-state index is 13.8. The predicted octanol–water partition coefficient (Wildman–Crippen LogP) is 5.56. The van der Waals surface area contributed by atoms with Crippen molar-refractivity contribution in [3.63, 3.8) is 0 Å². The van der Waals surface area contributed by atoms with E-state index in [1.807, 2.05) is 37.3 Å². The molecule has 0 radical (unpaired) electrons. The average molecular weight is 397 g/mol. The molecule has 6 heteroatoms. The van der Waals surface area contributed by atoms with E-state index in [1.54, 1.807) is 24.5 Å². The Morgan fingerprint density at radius 3 is 2.75 bits per heavy atom. The van der Waals surface area contributed by atoms with Gasteiger partial charge in [0, 0.05) is 22.9 Å². The Morgan fingerprint density at radius 1 is 1.18 bits per heavy atom. The monoisotopic (exact) mass is 396 g/mol. The summed E-state index contributed by atoms with van der Waals surface area (Å²) in [5.74, 6) is 0.458. The van der Waals surface area contributed by atoms with Crippen LogP contribution in [0, 0.1) is 5.82 Å². The first-order valence-electron chi connectivity index (χ1n) is 8.63. The summed E-state index contributed by atoms with van der Waals surface area (Å²) in [6, 6.07) is 15.0. The molecule has 28 heavy (non-hydrogen) atoms. The van der Waals surface area contributed by atoms with Gasteiger partial charge in [-0.1, -0.05) is 29.8 Å². The number of carbonyl (C=O) groups excluding carboxylic acids is 1. The third-order valence-corrected chi connectivity index (χ3v) is 4.20. The SMILES string of the molecule is C[C@H](NC(=O)C=Cc1ccc(Cl)cc1F)c1cccc(Oc2cccnc2)c1. The number of carbonyl (C=O) groups is 1. The van der Waals surface area contributed by atoms with Gasteiger partial charge >= 0.3 is 0 Å². The zero-order chi connectivity index (χ0) is 19.9. The molecule has 0 unspecified atom stereocenters. The lowest BCUT2D eigenvalue weighted by Gasteiger charge is -2.14. The van der Waals surface area contributed by atoms with E-state index in [0.29, 0.717) is 22.1 Å². The van der Waals surface area contributed by atoms with E-state index < -0.39 is 5.82 Å². The van der Waals surface area contributed by atoms with Crippen LogP contribution >= 0.6 is 11.6 Å². The first-order valence-corrected chi connectivity index (χ1v) is 9.00. The van der Waals surface area contributed by atoms with Gasteiger partial charge in [-0.3, -0.25) is 9.78 Å². The van der Waals surface area contributed by atoms with Crippen molar-refractivity contribution in [1.29, 1.82) is 0 Å². The number of halogens is 2. The number of aromatic nitrogens is 1. The standard InChI is InChI=1S/C22H18ClFN2O2/c1-15(26-22(27)10-8-16-7-9-18(23)13-21(16)24)17-4-2-5-19(12-17)28-20-6-3-11-25-14-20/h2-15H,1H3,(H,26,27)/t15-/m0/s1. The minimum Gasteiger partial charge on any atom is -0.456 e. The fourth-order valence-corrected chi connectivity index (χ4v) is 2.70. The van der Waals surface area contributed by atoms with Crippen LogP contribution in [0.4, 0.5) is 4.39 Å². The second-order valence-corrected chi connectivity index (χ2v) is 6.53. The van der Waals surface area contributed by atoms with Gasteiger partial charge < -0.3 is 10.1 Å². The van der Waals surface area contributed by atoms with Gasteiger partial charge in [0.2, 0.25) is 5.91 Å². The molecule has 2 aromatic carbocycles. The van der Waals surface area contributed by atoms with Crippen LogP contribution in [0.1, 0.15) is 24.1 Å². The number of nitrogens with one attached hydrogen (secondary N) is 1. The van der Waals surface area contributed by atoms with E-state index >= 15 is 0 Å². The van der Waals surface area contributed by atoms with Crippen LogP contribution < -0.4 is 10.1 Å². The van der Waals surface area contributed by atoms with E-state index in [-0.39, 0.29) is 11.9 Å². The van der Waals surface area contributed by atoms with Crippen LogP contribution in [0.5, 0.6) is 11.5 Å². The first kappa shape index (κ1) is 19.6. The Morgan fingerprint density at radius 2 is 2.00 bits per heavy atom. The maximum Gasteiger partial charge on any atom is 0.244 e. The molecule has 1 N–H and O–H groups in total. The molecule has 1 heterocycles. The molecule has 3 aromatic rings. The topological polar surface area (TPSA) is 51.2 Å². The second-order valence-electron chi connectivity index (χ2n) is 6.09. The molecule has 142 valence electrons. The summed E-state index contributed by atoms with van der Waals surface area (Å²) in [4.78, 5) is 16.2. The van der Waals surface area contributed by atoms with Gasteiger partial charge in [0.1, 0.15) is 17.3 Å². The lowest BCUT2D eigenvalue weighted by Crippen LogP contribution is -2.24. The van der Waals surface area contributed by atoms with Crippen molar-refractivity contribution >= 4 is 23.6 Å². The minimum absolute atomic E-state index is 0.260. The second kappa shape index (κ2) is 9.15. The molecule has 4 nitrogen and oxygen atoms in total. The molecule has 1 atom stereocenters. The van der Waals surface area contributed by atoms with Crippen molar-refractivity contribution in [2.75, 3.05) is 0 Å². The highest BCUT2D eigenvalue weighted by atomic mass is 35.5. The molecule has 0 aliphatic heterocycles. The highest BCUT2D eigenvalue weighted by Crippen LogP contribution is 2.24. The van der Waals surface area contributed by atoms with Gasteiger partial charge in [0.15, 0.2) is 0 Å². The van der Waals surface area contributed by atoms with Crippen molar-refractivity contribution in [2.45, 2.75) is 13.0 Å². The summed E-state index contributed by atoms with van der Waals surface area (Å²) in [5.41, 5.74) is 1.17. The molecule has 0 fully saturated rings. The van der Waals surface area contributed by atoms with E-state index in [1.165, 1.54) is 24.3 Å². The van der Waals surface area contributed by atoms with Crippen molar-refractivity contribution < 1.29 is 13.9 Å². The van der Waals surface area contributed by atoms with Crippen LogP contribution in [0.3, 0.4) is 0 Å². The van der Waals surface area contributed by atoms with Gasteiger partial charge in [0.05, 0.1) is 12.2 Å². The van der Waals surface area contributed by atoms with Gasteiger partial charge in [-0.25, -0.2) is 4.39 Å².